The zero-order chi connectivity index (χ0) is 61.3. The molecule has 4 radical (unpaired) electrons. The van der Waals surface area contributed by atoms with Gasteiger partial charge in [-0.25, -0.2) is 0 Å². The highest BCUT2D eigenvalue weighted by atomic mass is 28.4. The second-order valence-electron chi connectivity index (χ2n) is 23.4. The molecule has 10 atom stereocenters. The van der Waals surface area contributed by atoms with Gasteiger partial charge in [-0.3, -0.25) is 19.4 Å². The van der Waals surface area contributed by atoms with E-state index in [1.165, 1.54) is 0 Å². The molecule has 0 saturated carbocycles. The third-order valence-corrected chi connectivity index (χ3v) is 18.0. The minimum atomic E-state index is -2.07. The maximum absolute atomic E-state index is 12.6. The monoisotopic (exact) mass is 1260 g/mol. The Morgan fingerprint density at radius 2 is 0.725 bits per heavy atom. The van der Waals surface area contributed by atoms with Crippen molar-refractivity contribution >= 4 is 64.1 Å². The van der Waals surface area contributed by atoms with Gasteiger partial charge in [0.05, 0.1) is 78.3 Å². The van der Waals surface area contributed by atoms with Gasteiger partial charge in [0.1, 0.15) is 67.5 Å². The summed E-state index contributed by atoms with van der Waals surface area (Å²) in [5.41, 5.74) is 0. The predicted octanol–water partition coefficient (Wildman–Crippen LogP) is -3.52. The molecule has 474 valence electrons. The number of rotatable bonds is 51. The van der Waals surface area contributed by atoms with E-state index in [2.05, 4.69) is 89.2 Å². The van der Waals surface area contributed by atoms with Gasteiger partial charge in [-0.2, -0.15) is 0 Å². The van der Waals surface area contributed by atoms with E-state index in [0.717, 1.165) is 24.9 Å². The lowest BCUT2D eigenvalue weighted by atomic mass is 10.0. The Morgan fingerprint density at radius 1 is 0.438 bits per heavy atom. The van der Waals surface area contributed by atoms with Gasteiger partial charge in [0, 0.05) is 39.3 Å². The number of hydrogen-bond donors (Lipinski definition) is 14. The van der Waals surface area contributed by atoms with E-state index in [-0.39, 0.29) is 104 Å². The Balaban J connectivity index is 5.06. The minimum absolute atomic E-state index is 0.00252. The molecule has 0 saturated heterocycles. The molecule has 14 N–H and O–H groups in total. The van der Waals surface area contributed by atoms with Crippen molar-refractivity contribution in [1.29, 1.82) is 0 Å². The molecular formula is C48H106N4O22Si6. The van der Waals surface area contributed by atoms with Crippen molar-refractivity contribution in [2.45, 2.75) is 176 Å². The average molecular weight is 1260 g/mol. The van der Waals surface area contributed by atoms with E-state index in [9.17, 15) is 60.7 Å². The van der Waals surface area contributed by atoms with Crippen molar-refractivity contribution in [1.82, 2.24) is 20.4 Å². The summed E-state index contributed by atoms with van der Waals surface area (Å²) in [6.07, 6.45) is -16.0. The van der Waals surface area contributed by atoms with Crippen LogP contribution in [0.25, 0.3) is 0 Å². The maximum Gasteiger partial charge on any atom is 0.251 e. The van der Waals surface area contributed by atoms with Crippen LogP contribution in [-0.4, -0.2) is 326 Å². The highest BCUT2D eigenvalue weighted by Crippen LogP contribution is 2.17. The number of carbonyl (C=O) groups is 2. The van der Waals surface area contributed by atoms with Crippen LogP contribution in [0, 0.1) is 0 Å². The van der Waals surface area contributed by atoms with Crippen LogP contribution in [0.5, 0.6) is 0 Å². The van der Waals surface area contributed by atoms with Gasteiger partial charge in [0.15, 0.2) is 45.5 Å². The third-order valence-electron chi connectivity index (χ3n) is 10.9. The summed E-state index contributed by atoms with van der Waals surface area (Å²) in [4.78, 5) is 29.0. The van der Waals surface area contributed by atoms with Crippen LogP contribution in [0.15, 0.2) is 0 Å². The van der Waals surface area contributed by atoms with E-state index in [1.807, 2.05) is 9.80 Å². The second-order valence-corrected chi connectivity index (χ2v) is 44.0. The summed E-state index contributed by atoms with van der Waals surface area (Å²) < 4.78 is 47.9. The predicted molar refractivity (Wildman–Crippen MR) is 312 cm³/mol. The molecule has 0 rings (SSSR count). The molecular weight excluding hydrogens is 1150 g/mol. The molecule has 0 aliphatic carbocycles. The Bertz CT molecular complexity index is 1450. The van der Waals surface area contributed by atoms with Crippen LogP contribution in [0.2, 0.25) is 90.7 Å². The van der Waals surface area contributed by atoms with E-state index < -0.39 is 119 Å². The molecule has 0 bridgehead atoms. The fourth-order valence-corrected chi connectivity index (χ4v) is 16.8. The van der Waals surface area contributed by atoms with Crippen molar-refractivity contribution in [3.8, 4) is 0 Å². The standard InChI is InChI=1S/C48H106N4O22Si6/c1-77(2,3)71-47(72-78(4,5)6)75-27-13-17-51(19-15-49-45(65)43(63)41(61)39(59)37(57)31-53)29-35(55)33-69-25-23-67-21-22-68-24-26-70-34-36(56)30-52(18-14-28-76-48(73-79(7,8)9)74-80(10,11)12)20-16-50-46(66)44(64)42(62)40(60)38(58)32-54/h35-44,47-48,53-64H,13-34H2,1-12H3,(H,49,65)(H,50,66)/t35?,36?,37-,38-,39-,40-,41+,42+,43-,44-/m1/s1. The van der Waals surface area contributed by atoms with Crippen LogP contribution in [0.1, 0.15) is 12.8 Å². The van der Waals surface area contributed by atoms with Crippen molar-refractivity contribution in [3.63, 3.8) is 0 Å². The molecule has 2 amide bonds. The van der Waals surface area contributed by atoms with Gasteiger partial charge >= 0.3 is 0 Å². The third kappa shape index (κ3) is 41.4. The lowest BCUT2D eigenvalue weighted by Crippen LogP contribution is -2.52. The molecule has 0 aromatic rings. The molecule has 0 fully saturated rings. The second kappa shape index (κ2) is 42.2. The van der Waals surface area contributed by atoms with Crippen LogP contribution >= 0.6 is 0 Å². The summed E-state index contributed by atoms with van der Waals surface area (Å²) >= 11 is 0. The molecule has 0 aliphatic rings. The average Bonchev–Trinajstić information content (AvgIpc) is 3.34. The molecule has 32 heteroatoms. The maximum atomic E-state index is 12.6. The van der Waals surface area contributed by atoms with Gasteiger partial charge in [-0.1, -0.05) is 12.1 Å². The highest BCUT2D eigenvalue weighted by molar-refractivity contribution is 6.72. The number of nitrogens with one attached hydrogen (secondary N) is 2. The number of amides is 2. The Labute approximate surface area is 484 Å². The fraction of sp³-hybridized carbons (Fsp3) is 0.958. The van der Waals surface area contributed by atoms with Crippen LogP contribution in [-0.2, 0) is 46.2 Å². The number of carbonyl (C=O) groups excluding carboxylic acids is 2. The highest BCUT2D eigenvalue weighted by Gasteiger charge is 2.36. The molecule has 0 aromatic heterocycles. The molecule has 2 unspecified atom stereocenters. The topological polar surface area (TPSA) is 381 Å². The van der Waals surface area contributed by atoms with Gasteiger partial charge in [0.25, 0.3) is 11.8 Å². The molecule has 0 heterocycles. The van der Waals surface area contributed by atoms with Crippen molar-refractivity contribution in [2.75, 3.05) is 118 Å². The van der Waals surface area contributed by atoms with Crippen LogP contribution in [0.3, 0.4) is 0 Å². The number of hydrogen-bond acceptors (Lipinski definition) is 24. The zero-order valence-electron chi connectivity index (χ0n) is 49.8. The molecule has 26 nitrogen and oxygen atoms in total. The number of aliphatic hydroxyl groups excluding tert-OH is 12. The molecule has 0 aromatic carbocycles. The number of nitrogens with zero attached hydrogens (tertiary/aromatic N) is 2. The summed E-state index contributed by atoms with van der Waals surface area (Å²) in [5.74, 6) is -2.55. The zero-order valence-corrected chi connectivity index (χ0v) is 55.8. The Morgan fingerprint density at radius 3 is 1.00 bits per heavy atom. The van der Waals surface area contributed by atoms with Crippen molar-refractivity contribution in [2.24, 2.45) is 0 Å². The van der Waals surface area contributed by atoms with Gasteiger partial charge in [-0.05, 0) is 104 Å². The molecule has 0 spiro atoms. The summed E-state index contributed by atoms with van der Waals surface area (Å²) in [5, 5.41) is 125. The first kappa shape index (κ1) is 79.4. The number of ether oxygens (including phenoxy) is 4. The Hall–Kier alpha value is -0.639. The first-order chi connectivity index (χ1) is 37.1. The quantitative estimate of drug-likeness (QED) is 0.0159. The van der Waals surface area contributed by atoms with E-state index >= 15 is 0 Å². The Kier molecular flexibility index (Phi) is 41.9. The van der Waals surface area contributed by atoms with E-state index in [1.54, 1.807) is 0 Å². The minimum Gasteiger partial charge on any atom is -0.397 e. The summed E-state index contributed by atoms with van der Waals surface area (Å²) in [7, 11) is -6.75. The normalized spacial score (nSPS) is 16.9. The molecule has 80 heavy (non-hydrogen) atoms. The lowest BCUT2D eigenvalue weighted by molar-refractivity contribution is -0.149. The molecule has 0 aliphatic heterocycles. The largest absolute Gasteiger partial charge is 0.397 e. The van der Waals surface area contributed by atoms with E-state index in [0.29, 0.717) is 32.1 Å². The fourth-order valence-electron chi connectivity index (χ4n) is 7.07. The van der Waals surface area contributed by atoms with E-state index in [4.69, 9.17) is 46.9 Å². The van der Waals surface area contributed by atoms with Gasteiger partial charge in [-0.15, -0.1) is 0 Å². The SMILES string of the molecule is C[Si](C)(C)OC(O[Si](C)(C)C)[Si]CCCN(CCNC(=O)[C@H](O)[C@@H](O)[C@H](O)[C@H](O)CO)CC(O)COCCOCCOCCOCC(O)CN(CCC[Si]C(O[Si](C)(C)C)O[Si](C)(C)C)CCNC(=O)[C@H](O)[C@@H](O)[C@H](O)[C@H](O)CO. The first-order valence-electron chi connectivity index (χ1n) is 27.6. The van der Waals surface area contributed by atoms with Crippen molar-refractivity contribution in [3.05, 3.63) is 0 Å². The first-order valence-corrected chi connectivity index (χ1v) is 43.8. The summed E-state index contributed by atoms with van der Waals surface area (Å²) in [6.45, 7) is 27.0. The smallest absolute Gasteiger partial charge is 0.251 e. The van der Waals surface area contributed by atoms with Gasteiger partial charge in [0.2, 0.25) is 0 Å². The van der Waals surface area contributed by atoms with Crippen molar-refractivity contribution < 1.29 is 108 Å². The van der Waals surface area contributed by atoms with Gasteiger partial charge < -0.3 is 109 Å². The van der Waals surface area contributed by atoms with Crippen LogP contribution in [0.4, 0.5) is 0 Å². The number of aliphatic hydroxyl groups is 12. The lowest BCUT2D eigenvalue weighted by Gasteiger charge is -2.32. The summed E-state index contributed by atoms with van der Waals surface area (Å²) in [6, 6.07) is 1.58. The van der Waals surface area contributed by atoms with Crippen LogP contribution < -0.4 is 10.6 Å².